The molecule has 1 N–H and O–H groups in total. The van der Waals surface area contributed by atoms with E-state index in [2.05, 4.69) is 26.2 Å². The van der Waals surface area contributed by atoms with Gasteiger partial charge in [-0.15, -0.1) is 0 Å². The van der Waals surface area contributed by atoms with Crippen molar-refractivity contribution in [2.45, 2.75) is 19.9 Å². The molecule has 1 aromatic carbocycles. The van der Waals surface area contributed by atoms with Crippen molar-refractivity contribution in [2.24, 2.45) is 0 Å². The molecule has 2 nitrogen and oxygen atoms in total. The molecular formula is C14H14BrFN2. The number of rotatable bonds is 3. The van der Waals surface area contributed by atoms with E-state index in [1.54, 1.807) is 24.5 Å². The Labute approximate surface area is 114 Å². The quantitative estimate of drug-likeness (QED) is 0.905. The standard InChI is InChI=1S/C14H14BrFN2/c1-9-5-6-17-8-14(9)18-10(2)11-3-4-13(16)12(15)7-11/h3-8,10,18H,1-2H3. The Morgan fingerprint density at radius 1 is 1.33 bits per heavy atom. The molecule has 1 heterocycles. The van der Waals surface area contributed by atoms with Crippen LogP contribution in [0, 0.1) is 12.7 Å². The first-order valence-corrected chi connectivity index (χ1v) is 6.49. The summed E-state index contributed by atoms with van der Waals surface area (Å²) in [5, 5.41) is 3.37. The molecule has 0 bridgehead atoms. The molecule has 1 aromatic heterocycles. The molecular weight excluding hydrogens is 295 g/mol. The Balaban J connectivity index is 2.19. The second kappa shape index (κ2) is 5.48. The zero-order valence-electron chi connectivity index (χ0n) is 10.2. The molecule has 1 atom stereocenters. The SMILES string of the molecule is Cc1ccncc1NC(C)c1ccc(F)c(Br)c1. The molecule has 0 aliphatic heterocycles. The molecule has 0 fully saturated rings. The van der Waals surface area contributed by atoms with Crippen LogP contribution in [0.3, 0.4) is 0 Å². The van der Waals surface area contributed by atoms with E-state index in [4.69, 9.17) is 0 Å². The van der Waals surface area contributed by atoms with Gasteiger partial charge in [0, 0.05) is 12.2 Å². The Morgan fingerprint density at radius 3 is 2.78 bits per heavy atom. The minimum absolute atomic E-state index is 0.0878. The second-order valence-electron chi connectivity index (χ2n) is 4.23. The fraction of sp³-hybridized carbons (Fsp3) is 0.214. The summed E-state index contributed by atoms with van der Waals surface area (Å²) in [7, 11) is 0. The second-order valence-corrected chi connectivity index (χ2v) is 5.08. The minimum atomic E-state index is -0.247. The predicted octanol–water partition coefficient (Wildman–Crippen LogP) is 4.46. The lowest BCUT2D eigenvalue weighted by molar-refractivity contribution is 0.619. The number of aromatic nitrogens is 1. The highest BCUT2D eigenvalue weighted by atomic mass is 79.9. The third-order valence-electron chi connectivity index (χ3n) is 2.85. The van der Waals surface area contributed by atoms with Gasteiger partial charge in [0.2, 0.25) is 0 Å². The molecule has 1 unspecified atom stereocenters. The molecule has 18 heavy (non-hydrogen) atoms. The summed E-state index contributed by atoms with van der Waals surface area (Å²) >= 11 is 3.20. The smallest absolute Gasteiger partial charge is 0.137 e. The largest absolute Gasteiger partial charge is 0.377 e. The first kappa shape index (κ1) is 13.0. The van der Waals surface area contributed by atoms with Gasteiger partial charge in [0.05, 0.1) is 16.4 Å². The Morgan fingerprint density at radius 2 is 2.11 bits per heavy atom. The van der Waals surface area contributed by atoms with Gasteiger partial charge in [0.1, 0.15) is 5.82 Å². The van der Waals surface area contributed by atoms with Crippen molar-refractivity contribution in [1.29, 1.82) is 0 Å². The van der Waals surface area contributed by atoms with E-state index >= 15 is 0 Å². The van der Waals surface area contributed by atoms with Crippen molar-refractivity contribution in [3.05, 3.63) is 58.1 Å². The summed E-state index contributed by atoms with van der Waals surface area (Å²) in [5.41, 5.74) is 3.15. The molecule has 0 amide bonds. The van der Waals surface area contributed by atoms with E-state index in [0.717, 1.165) is 16.8 Å². The third-order valence-corrected chi connectivity index (χ3v) is 3.46. The van der Waals surface area contributed by atoms with E-state index in [0.29, 0.717) is 4.47 Å². The number of nitrogens with one attached hydrogen (secondary N) is 1. The first-order chi connectivity index (χ1) is 8.58. The fourth-order valence-electron chi connectivity index (χ4n) is 1.71. The van der Waals surface area contributed by atoms with Gasteiger partial charge in [0.15, 0.2) is 0 Å². The molecule has 94 valence electrons. The lowest BCUT2D eigenvalue weighted by Gasteiger charge is -2.17. The summed E-state index contributed by atoms with van der Waals surface area (Å²) < 4.78 is 13.7. The van der Waals surface area contributed by atoms with Crippen LogP contribution in [0.2, 0.25) is 0 Å². The summed E-state index contributed by atoms with van der Waals surface area (Å²) in [6.07, 6.45) is 3.56. The van der Waals surface area contributed by atoms with Crippen molar-refractivity contribution < 1.29 is 4.39 Å². The van der Waals surface area contributed by atoms with Gasteiger partial charge in [-0.25, -0.2) is 4.39 Å². The Bertz CT molecular complexity index is 557. The number of hydrogen-bond donors (Lipinski definition) is 1. The van der Waals surface area contributed by atoms with Gasteiger partial charge < -0.3 is 5.32 Å². The van der Waals surface area contributed by atoms with Crippen molar-refractivity contribution in [2.75, 3.05) is 5.32 Å². The Kier molecular flexibility index (Phi) is 3.97. The highest BCUT2D eigenvalue weighted by molar-refractivity contribution is 9.10. The van der Waals surface area contributed by atoms with Gasteiger partial charge >= 0.3 is 0 Å². The van der Waals surface area contributed by atoms with Gasteiger partial charge in [-0.1, -0.05) is 6.07 Å². The lowest BCUT2D eigenvalue weighted by Crippen LogP contribution is -2.08. The monoisotopic (exact) mass is 308 g/mol. The zero-order chi connectivity index (χ0) is 13.1. The zero-order valence-corrected chi connectivity index (χ0v) is 11.8. The van der Waals surface area contributed by atoms with Crippen LogP contribution in [0.1, 0.15) is 24.1 Å². The molecule has 4 heteroatoms. The third kappa shape index (κ3) is 2.88. The van der Waals surface area contributed by atoms with E-state index in [-0.39, 0.29) is 11.9 Å². The number of hydrogen-bond acceptors (Lipinski definition) is 2. The predicted molar refractivity (Wildman–Crippen MR) is 75.1 cm³/mol. The number of nitrogens with zero attached hydrogens (tertiary/aromatic N) is 1. The minimum Gasteiger partial charge on any atom is -0.377 e. The summed E-state index contributed by atoms with van der Waals surface area (Å²) in [4.78, 5) is 4.09. The van der Waals surface area contributed by atoms with Crippen LogP contribution in [0.4, 0.5) is 10.1 Å². The van der Waals surface area contributed by atoms with Crippen LogP contribution in [-0.2, 0) is 0 Å². The molecule has 0 saturated heterocycles. The van der Waals surface area contributed by atoms with Crippen LogP contribution in [0.15, 0.2) is 41.1 Å². The van der Waals surface area contributed by atoms with Crippen molar-refractivity contribution in [1.82, 2.24) is 4.98 Å². The summed E-state index contributed by atoms with van der Waals surface area (Å²) in [6, 6.07) is 7.08. The van der Waals surface area contributed by atoms with Gasteiger partial charge in [-0.05, 0) is 59.1 Å². The van der Waals surface area contributed by atoms with Crippen LogP contribution >= 0.6 is 15.9 Å². The number of pyridine rings is 1. The molecule has 0 aliphatic rings. The lowest BCUT2D eigenvalue weighted by atomic mass is 10.1. The molecule has 2 aromatic rings. The Hall–Kier alpha value is -1.42. The number of halogens is 2. The maximum absolute atomic E-state index is 13.2. The van der Waals surface area contributed by atoms with Gasteiger partial charge in [0.25, 0.3) is 0 Å². The highest BCUT2D eigenvalue weighted by Crippen LogP contribution is 2.24. The molecule has 2 rings (SSSR count). The van der Waals surface area contributed by atoms with Crippen LogP contribution in [-0.4, -0.2) is 4.98 Å². The number of aryl methyl sites for hydroxylation is 1. The van der Waals surface area contributed by atoms with Crippen LogP contribution in [0.25, 0.3) is 0 Å². The topological polar surface area (TPSA) is 24.9 Å². The van der Waals surface area contributed by atoms with Gasteiger partial charge in [-0.2, -0.15) is 0 Å². The fourth-order valence-corrected chi connectivity index (χ4v) is 2.11. The van der Waals surface area contributed by atoms with E-state index in [1.165, 1.54) is 6.07 Å². The van der Waals surface area contributed by atoms with Crippen molar-refractivity contribution in [3.8, 4) is 0 Å². The molecule has 0 saturated carbocycles. The van der Waals surface area contributed by atoms with E-state index in [1.807, 2.05) is 19.9 Å². The van der Waals surface area contributed by atoms with E-state index in [9.17, 15) is 4.39 Å². The maximum atomic E-state index is 13.2. The molecule has 0 radical (unpaired) electrons. The number of anilines is 1. The average molecular weight is 309 g/mol. The molecule has 0 aliphatic carbocycles. The highest BCUT2D eigenvalue weighted by Gasteiger charge is 2.09. The summed E-state index contributed by atoms with van der Waals surface area (Å²) in [5.74, 6) is -0.247. The normalized spacial score (nSPS) is 12.2. The average Bonchev–Trinajstić information content (AvgIpc) is 2.35. The maximum Gasteiger partial charge on any atom is 0.137 e. The first-order valence-electron chi connectivity index (χ1n) is 5.70. The van der Waals surface area contributed by atoms with Gasteiger partial charge in [-0.3, -0.25) is 4.98 Å². The number of benzene rings is 1. The van der Waals surface area contributed by atoms with Crippen LogP contribution < -0.4 is 5.32 Å². The van der Waals surface area contributed by atoms with Crippen LogP contribution in [0.5, 0.6) is 0 Å². The van der Waals surface area contributed by atoms with Crippen molar-refractivity contribution >= 4 is 21.6 Å². The van der Waals surface area contributed by atoms with Crippen molar-refractivity contribution in [3.63, 3.8) is 0 Å². The molecule has 0 spiro atoms. The summed E-state index contributed by atoms with van der Waals surface area (Å²) in [6.45, 7) is 4.06. The van der Waals surface area contributed by atoms with E-state index < -0.39 is 0 Å².